The molecule has 0 aliphatic heterocycles. The van der Waals surface area contributed by atoms with Gasteiger partial charge in [-0.2, -0.15) is 0 Å². The van der Waals surface area contributed by atoms with Crippen LogP contribution in [0.2, 0.25) is 5.02 Å². The molecule has 0 atom stereocenters. The minimum atomic E-state index is 0.717. The molecule has 1 aromatic rings. The van der Waals surface area contributed by atoms with Crippen LogP contribution in [0.5, 0.6) is 5.75 Å². The van der Waals surface area contributed by atoms with Crippen LogP contribution in [0.1, 0.15) is 57.9 Å². The topological polar surface area (TPSA) is 21.3 Å². The van der Waals surface area contributed by atoms with E-state index in [-0.39, 0.29) is 0 Å². The van der Waals surface area contributed by atoms with Crippen molar-refractivity contribution in [2.24, 2.45) is 0 Å². The standard InChI is InChI=1S/C17H28ClNO/c1-3-5-6-7-8-13-20-17-15(14-19-12-4-2)10-9-11-16(17)18/h9-11,19H,3-8,12-14H2,1-2H3. The molecule has 114 valence electrons. The molecule has 0 amide bonds. The first-order valence-corrected chi connectivity index (χ1v) is 8.28. The number of nitrogens with one attached hydrogen (secondary N) is 1. The Morgan fingerprint density at radius 1 is 1.05 bits per heavy atom. The van der Waals surface area contributed by atoms with Gasteiger partial charge in [0.15, 0.2) is 0 Å². The fourth-order valence-corrected chi connectivity index (χ4v) is 2.38. The summed E-state index contributed by atoms with van der Waals surface area (Å²) in [5.41, 5.74) is 1.15. The molecule has 20 heavy (non-hydrogen) atoms. The first kappa shape index (κ1) is 17.3. The highest BCUT2D eigenvalue weighted by atomic mass is 35.5. The Morgan fingerprint density at radius 2 is 1.85 bits per heavy atom. The highest BCUT2D eigenvalue weighted by Gasteiger charge is 2.07. The van der Waals surface area contributed by atoms with Crippen molar-refractivity contribution in [3.8, 4) is 5.75 Å². The van der Waals surface area contributed by atoms with Crippen molar-refractivity contribution in [1.29, 1.82) is 0 Å². The molecule has 0 aromatic heterocycles. The van der Waals surface area contributed by atoms with Gasteiger partial charge >= 0.3 is 0 Å². The summed E-state index contributed by atoms with van der Waals surface area (Å²) in [5.74, 6) is 0.855. The third-order valence-electron chi connectivity index (χ3n) is 3.29. The summed E-state index contributed by atoms with van der Waals surface area (Å²) in [6.45, 7) is 6.99. The normalized spacial score (nSPS) is 10.8. The molecule has 0 bridgehead atoms. The van der Waals surface area contributed by atoms with E-state index >= 15 is 0 Å². The van der Waals surface area contributed by atoms with Gasteiger partial charge < -0.3 is 10.1 Å². The molecule has 0 heterocycles. The second-order valence-corrected chi connectivity index (χ2v) is 5.57. The van der Waals surface area contributed by atoms with Gasteiger partial charge in [0.05, 0.1) is 11.6 Å². The molecular formula is C17H28ClNO. The lowest BCUT2D eigenvalue weighted by molar-refractivity contribution is 0.301. The predicted octanol–water partition coefficient (Wildman–Crippen LogP) is 5.19. The lowest BCUT2D eigenvalue weighted by Crippen LogP contribution is -2.15. The number of unbranched alkanes of at least 4 members (excludes halogenated alkanes) is 4. The molecule has 1 aromatic carbocycles. The average molecular weight is 298 g/mol. The predicted molar refractivity (Wildman–Crippen MR) is 87.7 cm³/mol. The summed E-state index contributed by atoms with van der Waals surface area (Å²) in [6.07, 6.45) is 7.37. The van der Waals surface area contributed by atoms with Crippen LogP contribution in [-0.2, 0) is 6.54 Å². The summed E-state index contributed by atoms with van der Waals surface area (Å²) < 4.78 is 5.91. The van der Waals surface area contributed by atoms with Crippen LogP contribution in [0.25, 0.3) is 0 Å². The Morgan fingerprint density at radius 3 is 2.60 bits per heavy atom. The molecular weight excluding hydrogens is 270 g/mol. The van der Waals surface area contributed by atoms with Crippen LogP contribution in [0, 0.1) is 0 Å². The maximum absolute atomic E-state index is 6.25. The van der Waals surface area contributed by atoms with Crippen LogP contribution >= 0.6 is 11.6 Å². The second kappa shape index (κ2) is 11.0. The lowest BCUT2D eigenvalue weighted by Gasteiger charge is -2.13. The van der Waals surface area contributed by atoms with Gasteiger partial charge in [-0.1, -0.05) is 63.3 Å². The van der Waals surface area contributed by atoms with E-state index in [1.807, 2.05) is 12.1 Å². The van der Waals surface area contributed by atoms with Gasteiger partial charge in [-0.05, 0) is 25.5 Å². The SMILES string of the molecule is CCCCCCCOc1c(Cl)cccc1CNCCC. The van der Waals surface area contributed by atoms with Crippen LogP contribution < -0.4 is 10.1 Å². The summed E-state index contributed by atoms with van der Waals surface area (Å²) >= 11 is 6.25. The van der Waals surface area contributed by atoms with E-state index in [4.69, 9.17) is 16.3 Å². The number of hydrogen-bond acceptors (Lipinski definition) is 2. The monoisotopic (exact) mass is 297 g/mol. The molecule has 0 aliphatic rings. The van der Waals surface area contributed by atoms with Crippen molar-refractivity contribution in [2.45, 2.75) is 58.9 Å². The lowest BCUT2D eigenvalue weighted by atomic mass is 10.1. The number of benzene rings is 1. The van der Waals surface area contributed by atoms with Gasteiger partial charge in [-0.15, -0.1) is 0 Å². The average Bonchev–Trinajstić information content (AvgIpc) is 2.45. The fourth-order valence-electron chi connectivity index (χ4n) is 2.13. The van der Waals surface area contributed by atoms with Crippen molar-refractivity contribution in [3.63, 3.8) is 0 Å². The van der Waals surface area contributed by atoms with E-state index in [0.717, 1.165) is 43.9 Å². The van der Waals surface area contributed by atoms with E-state index in [9.17, 15) is 0 Å². The minimum Gasteiger partial charge on any atom is -0.492 e. The molecule has 0 saturated carbocycles. The molecule has 1 rings (SSSR count). The highest BCUT2D eigenvalue weighted by Crippen LogP contribution is 2.28. The van der Waals surface area contributed by atoms with Gasteiger partial charge in [0.1, 0.15) is 5.75 Å². The van der Waals surface area contributed by atoms with Gasteiger partial charge in [-0.25, -0.2) is 0 Å². The fraction of sp³-hybridized carbons (Fsp3) is 0.647. The van der Waals surface area contributed by atoms with Crippen molar-refractivity contribution in [2.75, 3.05) is 13.2 Å². The van der Waals surface area contributed by atoms with E-state index in [1.54, 1.807) is 0 Å². The number of para-hydroxylation sites is 1. The summed E-state index contributed by atoms with van der Waals surface area (Å²) in [7, 11) is 0. The molecule has 3 heteroatoms. The molecule has 0 saturated heterocycles. The van der Waals surface area contributed by atoms with Gasteiger partial charge in [0.2, 0.25) is 0 Å². The van der Waals surface area contributed by atoms with E-state index in [0.29, 0.717) is 5.02 Å². The molecule has 0 spiro atoms. The maximum Gasteiger partial charge on any atom is 0.142 e. The Bertz CT molecular complexity index is 368. The molecule has 0 radical (unpaired) electrons. The van der Waals surface area contributed by atoms with Crippen LogP contribution in [-0.4, -0.2) is 13.2 Å². The summed E-state index contributed by atoms with van der Waals surface area (Å²) in [5, 5.41) is 4.12. The van der Waals surface area contributed by atoms with Crippen molar-refractivity contribution in [1.82, 2.24) is 5.32 Å². The van der Waals surface area contributed by atoms with Crippen molar-refractivity contribution < 1.29 is 4.74 Å². The number of halogens is 1. The molecule has 0 aliphatic carbocycles. The Labute approximate surface area is 128 Å². The Hall–Kier alpha value is -0.730. The first-order valence-electron chi connectivity index (χ1n) is 7.90. The number of hydrogen-bond donors (Lipinski definition) is 1. The number of rotatable bonds is 11. The molecule has 0 fully saturated rings. The zero-order valence-corrected chi connectivity index (χ0v) is 13.6. The van der Waals surface area contributed by atoms with E-state index in [1.165, 1.54) is 25.7 Å². The van der Waals surface area contributed by atoms with Crippen LogP contribution in [0.3, 0.4) is 0 Å². The largest absolute Gasteiger partial charge is 0.492 e. The van der Waals surface area contributed by atoms with Gasteiger partial charge in [0, 0.05) is 12.1 Å². The molecule has 0 unspecified atom stereocenters. The minimum absolute atomic E-state index is 0.717. The molecule has 1 N–H and O–H groups in total. The van der Waals surface area contributed by atoms with Crippen molar-refractivity contribution in [3.05, 3.63) is 28.8 Å². The third-order valence-corrected chi connectivity index (χ3v) is 3.58. The highest BCUT2D eigenvalue weighted by molar-refractivity contribution is 6.32. The quantitative estimate of drug-likeness (QED) is 0.568. The summed E-state index contributed by atoms with van der Waals surface area (Å²) in [6, 6.07) is 5.97. The Balaban J connectivity index is 2.41. The third kappa shape index (κ3) is 6.62. The van der Waals surface area contributed by atoms with Crippen LogP contribution in [0.4, 0.5) is 0 Å². The first-order chi connectivity index (χ1) is 9.79. The second-order valence-electron chi connectivity index (χ2n) is 5.17. The van der Waals surface area contributed by atoms with E-state index < -0.39 is 0 Å². The Kier molecular flexibility index (Phi) is 9.52. The number of ether oxygens (including phenoxy) is 1. The smallest absolute Gasteiger partial charge is 0.142 e. The van der Waals surface area contributed by atoms with E-state index in [2.05, 4.69) is 25.2 Å². The van der Waals surface area contributed by atoms with Gasteiger partial charge in [-0.3, -0.25) is 0 Å². The maximum atomic E-state index is 6.25. The van der Waals surface area contributed by atoms with Crippen molar-refractivity contribution >= 4 is 11.6 Å². The molecule has 2 nitrogen and oxygen atoms in total. The zero-order valence-electron chi connectivity index (χ0n) is 12.9. The zero-order chi connectivity index (χ0) is 14.6. The summed E-state index contributed by atoms with van der Waals surface area (Å²) in [4.78, 5) is 0. The van der Waals surface area contributed by atoms with Crippen LogP contribution in [0.15, 0.2) is 18.2 Å². The van der Waals surface area contributed by atoms with Gasteiger partial charge in [0.25, 0.3) is 0 Å².